The van der Waals surface area contributed by atoms with E-state index in [0.717, 1.165) is 15.8 Å². The molecule has 4 aromatic rings. The summed E-state index contributed by atoms with van der Waals surface area (Å²) in [7, 11) is 0. The number of benzene rings is 3. The first kappa shape index (κ1) is 16.2. The van der Waals surface area contributed by atoms with Crippen molar-refractivity contribution in [2.45, 2.75) is 0 Å². The van der Waals surface area contributed by atoms with Crippen LogP contribution in [0.1, 0.15) is 20.9 Å². The first-order valence-corrected chi connectivity index (χ1v) is 8.99. The molecule has 3 aromatic carbocycles. The molecule has 0 aliphatic rings. The molecule has 4 heteroatoms. The summed E-state index contributed by atoms with van der Waals surface area (Å²) in [5.41, 5.74) is 2.88. The molecule has 0 bridgehead atoms. The number of carbonyl (C=O) groups is 1. The van der Waals surface area contributed by atoms with E-state index in [1.54, 1.807) is 36.4 Å². The number of ketones is 1. The molecule has 0 spiro atoms. The molecule has 0 amide bonds. The van der Waals surface area contributed by atoms with Crippen molar-refractivity contribution < 1.29 is 9.90 Å². The van der Waals surface area contributed by atoms with Gasteiger partial charge in [-0.05, 0) is 35.9 Å². The number of hydrogen-bond acceptors (Lipinski definition) is 4. The third-order valence-electron chi connectivity index (χ3n) is 4.01. The van der Waals surface area contributed by atoms with Crippen LogP contribution in [-0.4, -0.2) is 15.9 Å². The fourth-order valence-electron chi connectivity index (χ4n) is 2.69. The maximum absolute atomic E-state index is 13.1. The first-order chi connectivity index (χ1) is 12.7. The fourth-order valence-corrected chi connectivity index (χ4v) is 3.67. The van der Waals surface area contributed by atoms with Crippen LogP contribution < -0.4 is 0 Å². The summed E-state index contributed by atoms with van der Waals surface area (Å²) in [6, 6.07) is 23.8. The second-order valence-electron chi connectivity index (χ2n) is 5.83. The van der Waals surface area contributed by atoms with Gasteiger partial charge in [-0.1, -0.05) is 54.6 Å². The minimum Gasteiger partial charge on any atom is -0.508 e. The van der Waals surface area contributed by atoms with Gasteiger partial charge in [0.2, 0.25) is 0 Å². The Bertz CT molecular complexity index is 1060. The zero-order chi connectivity index (χ0) is 17.9. The molecule has 0 saturated heterocycles. The largest absolute Gasteiger partial charge is 0.508 e. The van der Waals surface area contributed by atoms with Crippen LogP contribution in [-0.2, 0) is 0 Å². The van der Waals surface area contributed by atoms with Crippen molar-refractivity contribution in [2.75, 3.05) is 0 Å². The van der Waals surface area contributed by atoms with Gasteiger partial charge in [0.25, 0.3) is 0 Å². The molecule has 0 unspecified atom stereocenters. The number of phenolic OH excluding ortho intramolecular Hbond substituents is 1. The van der Waals surface area contributed by atoms with Crippen molar-refractivity contribution in [2.24, 2.45) is 0 Å². The summed E-state index contributed by atoms with van der Waals surface area (Å²) in [5.74, 6) is 0.121. The van der Waals surface area contributed by atoms with Gasteiger partial charge >= 0.3 is 0 Å². The molecule has 1 N–H and O–H groups in total. The quantitative estimate of drug-likeness (QED) is 0.392. The van der Waals surface area contributed by atoms with E-state index in [2.05, 4.69) is 4.98 Å². The number of aromatic nitrogens is 1. The third kappa shape index (κ3) is 3.27. The maximum Gasteiger partial charge on any atom is 0.196 e. The fraction of sp³-hybridized carbons (Fsp3) is 0. The Morgan fingerprint density at radius 1 is 0.885 bits per heavy atom. The number of nitrogens with zero attached hydrogens (tertiary/aromatic N) is 1. The van der Waals surface area contributed by atoms with Crippen molar-refractivity contribution in [3.63, 3.8) is 0 Å². The van der Waals surface area contributed by atoms with Gasteiger partial charge in [-0.15, -0.1) is 11.3 Å². The van der Waals surface area contributed by atoms with E-state index in [0.29, 0.717) is 16.1 Å². The normalized spacial score (nSPS) is 11.6. The molecular formula is C22H15NO2S. The lowest BCUT2D eigenvalue weighted by molar-refractivity contribution is 0.105. The molecule has 0 aliphatic heterocycles. The predicted molar refractivity (Wildman–Crippen MR) is 106 cm³/mol. The monoisotopic (exact) mass is 357 g/mol. The highest BCUT2D eigenvalue weighted by Gasteiger charge is 2.18. The molecule has 126 valence electrons. The van der Waals surface area contributed by atoms with E-state index >= 15 is 0 Å². The van der Waals surface area contributed by atoms with E-state index < -0.39 is 0 Å². The lowest BCUT2D eigenvalue weighted by Gasteiger charge is -2.05. The highest BCUT2D eigenvalue weighted by Crippen LogP contribution is 2.30. The second-order valence-corrected chi connectivity index (χ2v) is 6.86. The molecule has 3 nitrogen and oxygen atoms in total. The third-order valence-corrected chi connectivity index (χ3v) is 5.08. The Morgan fingerprint density at radius 2 is 1.58 bits per heavy atom. The Labute approximate surface area is 154 Å². The lowest BCUT2D eigenvalue weighted by Crippen LogP contribution is -2.02. The molecule has 0 fully saturated rings. The summed E-state index contributed by atoms with van der Waals surface area (Å²) in [4.78, 5) is 17.8. The minimum atomic E-state index is -0.0715. The van der Waals surface area contributed by atoms with Crippen LogP contribution in [0.2, 0.25) is 0 Å². The zero-order valence-corrected chi connectivity index (χ0v) is 14.6. The standard InChI is InChI=1S/C22H15NO2S/c24-17-12-10-15(11-13-17)14-18(21(25)16-6-2-1-3-7-16)22-23-19-8-4-5-9-20(19)26-22/h1-14,24H/b18-14-. The van der Waals surface area contributed by atoms with Gasteiger partial charge in [0, 0.05) is 5.56 Å². The summed E-state index contributed by atoms with van der Waals surface area (Å²) in [6.07, 6.45) is 1.83. The molecular weight excluding hydrogens is 342 g/mol. The highest BCUT2D eigenvalue weighted by atomic mass is 32.1. The van der Waals surface area contributed by atoms with Crippen molar-refractivity contribution in [1.29, 1.82) is 0 Å². The number of Topliss-reactive ketones (excluding diaryl/α,β-unsaturated/α-hetero) is 1. The van der Waals surface area contributed by atoms with Crippen LogP contribution in [0.4, 0.5) is 0 Å². The van der Waals surface area contributed by atoms with Gasteiger partial charge in [-0.2, -0.15) is 0 Å². The summed E-state index contributed by atoms with van der Waals surface area (Å²) >= 11 is 1.50. The smallest absolute Gasteiger partial charge is 0.196 e. The molecule has 0 radical (unpaired) electrons. The van der Waals surface area contributed by atoms with Crippen LogP contribution in [0.3, 0.4) is 0 Å². The van der Waals surface area contributed by atoms with Gasteiger partial charge in [-0.25, -0.2) is 4.98 Å². The number of para-hydroxylation sites is 1. The second kappa shape index (κ2) is 6.94. The Hall–Kier alpha value is -3.24. The molecule has 0 aliphatic carbocycles. The number of rotatable bonds is 4. The van der Waals surface area contributed by atoms with Gasteiger partial charge in [0.15, 0.2) is 5.78 Å². The van der Waals surface area contributed by atoms with Crippen LogP contribution in [0.15, 0.2) is 78.9 Å². The number of aromatic hydroxyl groups is 1. The first-order valence-electron chi connectivity index (χ1n) is 8.17. The molecule has 0 saturated carbocycles. The van der Waals surface area contributed by atoms with Crippen LogP contribution in [0.25, 0.3) is 21.9 Å². The Balaban J connectivity index is 1.85. The number of fused-ring (bicyclic) bond motifs is 1. The summed E-state index contributed by atoms with van der Waals surface area (Å²) in [5, 5.41) is 10.2. The van der Waals surface area contributed by atoms with E-state index in [-0.39, 0.29) is 11.5 Å². The topological polar surface area (TPSA) is 50.2 Å². The minimum absolute atomic E-state index is 0.0715. The van der Waals surface area contributed by atoms with E-state index in [4.69, 9.17) is 0 Å². The zero-order valence-electron chi connectivity index (χ0n) is 13.8. The maximum atomic E-state index is 13.1. The number of phenols is 1. The van der Waals surface area contributed by atoms with Gasteiger partial charge in [0.05, 0.1) is 15.8 Å². The van der Waals surface area contributed by atoms with E-state index in [9.17, 15) is 9.90 Å². The number of allylic oxidation sites excluding steroid dienone is 1. The molecule has 1 heterocycles. The van der Waals surface area contributed by atoms with Crippen molar-refractivity contribution >= 4 is 39.0 Å². The van der Waals surface area contributed by atoms with Gasteiger partial charge in [0.1, 0.15) is 10.8 Å². The summed E-state index contributed by atoms with van der Waals surface area (Å²) < 4.78 is 1.04. The molecule has 26 heavy (non-hydrogen) atoms. The predicted octanol–water partition coefficient (Wildman–Crippen LogP) is 5.43. The van der Waals surface area contributed by atoms with E-state index in [1.165, 1.54) is 11.3 Å². The average molecular weight is 357 g/mol. The number of hydrogen-bond donors (Lipinski definition) is 1. The van der Waals surface area contributed by atoms with Gasteiger partial charge in [-0.3, -0.25) is 4.79 Å². The lowest BCUT2D eigenvalue weighted by atomic mass is 10.0. The number of carbonyl (C=O) groups excluding carboxylic acids is 1. The number of thiazole rings is 1. The van der Waals surface area contributed by atoms with Crippen molar-refractivity contribution in [1.82, 2.24) is 4.98 Å². The summed E-state index contributed by atoms with van der Waals surface area (Å²) in [6.45, 7) is 0. The van der Waals surface area contributed by atoms with Crippen molar-refractivity contribution in [3.8, 4) is 5.75 Å². The Kier molecular flexibility index (Phi) is 4.33. The van der Waals surface area contributed by atoms with Crippen LogP contribution in [0.5, 0.6) is 5.75 Å². The van der Waals surface area contributed by atoms with Crippen molar-refractivity contribution in [3.05, 3.63) is 95.0 Å². The molecule has 0 atom stereocenters. The Morgan fingerprint density at radius 3 is 2.31 bits per heavy atom. The van der Waals surface area contributed by atoms with Gasteiger partial charge < -0.3 is 5.11 Å². The van der Waals surface area contributed by atoms with Crippen LogP contribution >= 0.6 is 11.3 Å². The van der Waals surface area contributed by atoms with Crippen LogP contribution in [0, 0.1) is 0 Å². The molecule has 1 aromatic heterocycles. The average Bonchev–Trinajstić information content (AvgIpc) is 3.11. The van der Waals surface area contributed by atoms with E-state index in [1.807, 2.05) is 48.5 Å². The SMILES string of the molecule is O=C(/C(=C/c1ccc(O)cc1)c1nc2ccccc2s1)c1ccccc1. The highest BCUT2D eigenvalue weighted by molar-refractivity contribution is 7.20. The molecule has 4 rings (SSSR count).